The lowest BCUT2D eigenvalue weighted by Gasteiger charge is -2.59. The molecule has 0 bridgehead atoms. The van der Waals surface area contributed by atoms with E-state index < -0.39 is 0 Å². The summed E-state index contributed by atoms with van der Waals surface area (Å²) < 4.78 is 17.6. The van der Waals surface area contributed by atoms with Crippen LogP contribution in [0.2, 0.25) is 0 Å². The van der Waals surface area contributed by atoms with Gasteiger partial charge in [-0.25, -0.2) is 0 Å². The maximum atomic E-state index is 6.05. The van der Waals surface area contributed by atoms with Gasteiger partial charge in [-0.3, -0.25) is 0 Å². The van der Waals surface area contributed by atoms with Gasteiger partial charge in [0, 0.05) is 32.5 Å². The van der Waals surface area contributed by atoms with Crippen molar-refractivity contribution in [3.63, 3.8) is 0 Å². The van der Waals surface area contributed by atoms with Gasteiger partial charge in [-0.15, -0.1) is 0 Å². The molecule has 5 aliphatic rings. The Morgan fingerprint density at radius 2 is 1.72 bits per heavy atom. The Balaban J connectivity index is 1.47. The number of allylic oxidation sites excluding steroid dienone is 1. The second-order valence-electron chi connectivity index (χ2n) is 10.0. The van der Waals surface area contributed by atoms with Crippen LogP contribution in [0.5, 0.6) is 0 Å². The van der Waals surface area contributed by atoms with Crippen LogP contribution in [0.15, 0.2) is 11.6 Å². The molecule has 0 aromatic rings. The molecule has 4 aliphatic carbocycles. The Labute approximate surface area is 152 Å². The summed E-state index contributed by atoms with van der Waals surface area (Å²) in [5, 5.41) is 0. The molecule has 5 rings (SSSR count). The summed E-state index contributed by atoms with van der Waals surface area (Å²) in [5.74, 6) is 2.17. The number of epoxide rings is 1. The monoisotopic (exact) mass is 346 g/mol. The average molecular weight is 347 g/mol. The molecular formula is C22H34O3. The van der Waals surface area contributed by atoms with E-state index in [1.54, 1.807) is 19.8 Å². The maximum absolute atomic E-state index is 6.05. The van der Waals surface area contributed by atoms with Crippen LogP contribution in [0.3, 0.4) is 0 Å². The van der Waals surface area contributed by atoms with Gasteiger partial charge >= 0.3 is 0 Å². The zero-order valence-corrected chi connectivity index (χ0v) is 16.4. The summed E-state index contributed by atoms with van der Waals surface area (Å²) in [6.07, 6.45) is 12.4. The minimum atomic E-state index is -0.388. The third kappa shape index (κ3) is 1.98. The van der Waals surface area contributed by atoms with Crippen molar-refractivity contribution in [1.82, 2.24) is 0 Å². The fraction of sp³-hybridized carbons (Fsp3) is 0.909. The van der Waals surface area contributed by atoms with Gasteiger partial charge in [-0.1, -0.05) is 25.5 Å². The topological polar surface area (TPSA) is 31.0 Å². The SMILES string of the molecule is COC1(OC)CCC2(C)C(=CCC3C2CCC2(C)C3CCC23CO3)C1. The van der Waals surface area contributed by atoms with E-state index in [-0.39, 0.29) is 11.4 Å². The Morgan fingerprint density at radius 1 is 1.00 bits per heavy atom. The zero-order chi connectivity index (χ0) is 17.5. The lowest BCUT2D eigenvalue weighted by Crippen LogP contribution is -2.53. The first-order valence-electron chi connectivity index (χ1n) is 10.4. The quantitative estimate of drug-likeness (QED) is 0.412. The zero-order valence-electron chi connectivity index (χ0n) is 16.4. The fourth-order valence-electron chi connectivity index (χ4n) is 7.69. The Hall–Kier alpha value is -0.380. The molecule has 3 saturated carbocycles. The van der Waals surface area contributed by atoms with Crippen LogP contribution in [-0.2, 0) is 14.2 Å². The van der Waals surface area contributed by atoms with Crippen molar-refractivity contribution in [2.45, 2.75) is 76.6 Å². The molecule has 140 valence electrons. The molecule has 1 heterocycles. The molecule has 0 aromatic carbocycles. The van der Waals surface area contributed by atoms with Gasteiger partial charge in [-0.2, -0.15) is 0 Å². The minimum Gasteiger partial charge on any atom is -0.369 e. The average Bonchev–Trinajstić information content (AvgIpc) is 3.35. The third-order valence-corrected chi connectivity index (χ3v) is 9.64. The summed E-state index contributed by atoms with van der Waals surface area (Å²) in [4.78, 5) is 0. The van der Waals surface area contributed by atoms with Gasteiger partial charge in [0.25, 0.3) is 0 Å². The van der Waals surface area contributed by atoms with Crippen molar-refractivity contribution >= 4 is 0 Å². The van der Waals surface area contributed by atoms with E-state index in [0.29, 0.717) is 10.8 Å². The Morgan fingerprint density at radius 3 is 2.40 bits per heavy atom. The first kappa shape index (κ1) is 16.8. The van der Waals surface area contributed by atoms with Crippen molar-refractivity contribution in [3.8, 4) is 0 Å². The van der Waals surface area contributed by atoms with E-state index in [9.17, 15) is 0 Å². The number of hydrogen-bond donors (Lipinski definition) is 0. The van der Waals surface area contributed by atoms with Crippen LogP contribution in [0.25, 0.3) is 0 Å². The van der Waals surface area contributed by atoms with E-state index in [0.717, 1.165) is 37.2 Å². The third-order valence-electron chi connectivity index (χ3n) is 9.64. The summed E-state index contributed by atoms with van der Waals surface area (Å²) in [6.45, 7) is 6.13. The molecular weight excluding hydrogens is 312 g/mol. The Kier molecular flexibility index (Phi) is 3.43. The molecule has 0 amide bonds. The summed E-state index contributed by atoms with van der Waals surface area (Å²) in [5.41, 5.74) is 2.67. The molecule has 1 aliphatic heterocycles. The highest BCUT2D eigenvalue weighted by atomic mass is 16.7. The first-order valence-corrected chi connectivity index (χ1v) is 10.4. The molecule has 4 fully saturated rings. The maximum Gasteiger partial charge on any atom is 0.171 e. The van der Waals surface area contributed by atoms with Gasteiger partial charge in [-0.05, 0) is 61.7 Å². The van der Waals surface area contributed by atoms with E-state index in [1.165, 1.54) is 38.5 Å². The van der Waals surface area contributed by atoms with Gasteiger partial charge in [0.2, 0.25) is 0 Å². The van der Waals surface area contributed by atoms with E-state index in [2.05, 4.69) is 19.9 Å². The van der Waals surface area contributed by atoms with Crippen LogP contribution in [0, 0.1) is 28.6 Å². The summed E-state index contributed by atoms with van der Waals surface area (Å²) in [6, 6.07) is 0. The molecule has 0 aromatic heterocycles. The molecule has 1 spiro atoms. The number of methoxy groups -OCH3 is 2. The molecule has 0 radical (unpaired) electrons. The van der Waals surface area contributed by atoms with Gasteiger partial charge < -0.3 is 14.2 Å². The van der Waals surface area contributed by atoms with E-state index in [1.807, 2.05) is 0 Å². The van der Waals surface area contributed by atoms with Crippen molar-refractivity contribution in [2.24, 2.45) is 28.6 Å². The normalized spacial score (nSPS) is 53.0. The number of hydrogen-bond acceptors (Lipinski definition) is 3. The van der Waals surface area contributed by atoms with E-state index in [4.69, 9.17) is 14.2 Å². The number of rotatable bonds is 2. The highest BCUT2D eigenvalue weighted by Gasteiger charge is 2.69. The molecule has 25 heavy (non-hydrogen) atoms. The number of fused-ring (bicyclic) bond motifs is 6. The smallest absolute Gasteiger partial charge is 0.171 e. The molecule has 6 unspecified atom stereocenters. The van der Waals surface area contributed by atoms with Gasteiger partial charge in [0.1, 0.15) is 0 Å². The van der Waals surface area contributed by atoms with Crippen LogP contribution < -0.4 is 0 Å². The predicted molar refractivity (Wildman–Crippen MR) is 97.1 cm³/mol. The highest BCUT2D eigenvalue weighted by Crippen LogP contribution is 2.70. The molecule has 3 nitrogen and oxygen atoms in total. The molecule has 3 heteroatoms. The largest absolute Gasteiger partial charge is 0.369 e. The molecule has 6 atom stereocenters. The van der Waals surface area contributed by atoms with Crippen LogP contribution in [-0.4, -0.2) is 32.2 Å². The van der Waals surface area contributed by atoms with Gasteiger partial charge in [0.15, 0.2) is 5.79 Å². The van der Waals surface area contributed by atoms with Crippen LogP contribution in [0.1, 0.15) is 65.2 Å². The molecule has 0 N–H and O–H groups in total. The lowest BCUT2D eigenvalue weighted by atomic mass is 9.47. The van der Waals surface area contributed by atoms with Crippen LogP contribution in [0.4, 0.5) is 0 Å². The Bertz CT molecular complexity index is 602. The fourth-order valence-corrected chi connectivity index (χ4v) is 7.69. The predicted octanol–water partition coefficient (Wildman–Crippen LogP) is 4.71. The second-order valence-corrected chi connectivity index (χ2v) is 10.0. The van der Waals surface area contributed by atoms with Crippen molar-refractivity contribution < 1.29 is 14.2 Å². The van der Waals surface area contributed by atoms with E-state index >= 15 is 0 Å². The van der Waals surface area contributed by atoms with Gasteiger partial charge in [0.05, 0.1) is 12.2 Å². The number of ether oxygens (including phenoxy) is 3. The molecule has 1 saturated heterocycles. The minimum absolute atomic E-state index is 0.265. The summed E-state index contributed by atoms with van der Waals surface area (Å²) >= 11 is 0. The lowest BCUT2D eigenvalue weighted by molar-refractivity contribution is -0.227. The second kappa shape index (κ2) is 5.11. The summed E-state index contributed by atoms with van der Waals surface area (Å²) in [7, 11) is 3.61. The highest BCUT2D eigenvalue weighted by molar-refractivity contribution is 5.28. The van der Waals surface area contributed by atoms with Crippen LogP contribution >= 0.6 is 0 Å². The van der Waals surface area contributed by atoms with Crippen molar-refractivity contribution in [1.29, 1.82) is 0 Å². The van der Waals surface area contributed by atoms with Crippen molar-refractivity contribution in [2.75, 3.05) is 20.8 Å². The van der Waals surface area contributed by atoms with Crippen molar-refractivity contribution in [3.05, 3.63) is 11.6 Å². The standard InChI is InChI=1S/C22H34O3/c1-19-11-12-22(23-3,24-4)13-15(19)5-6-16-17(19)7-9-20(2)18(16)8-10-21(20)14-25-21/h5,16-18H,6-14H2,1-4H3. The first-order chi connectivity index (χ1) is 11.9.